The predicted octanol–water partition coefficient (Wildman–Crippen LogP) is 3.23. The molecule has 1 fully saturated rings. The fourth-order valence-electron chi connectivity index (χ4n) is 2.96. The Hall–Kier alpha value is -1.22. The number of methoxy groups -OCH3 is 1. The number of phenols is 1. The lowest BCUT2D eigenvalue weighted by Crippen LogP contribution is -2.40. The maximum Gasteiger partial charge on any atom is 0.193 e. The molecule has 2 rings (SSSR count). The maximum absolute atomic E-state index is 10.0. The summed E-state index contributed by atoms with van der Waals surface area (Å²) in [5.41, 5.74) is 0.757. The molecular weight excluding hydrogens is 445 g/mol. The number of nitrogens with zero attached hydrogens (tertiary/aromatic N) is 2. The van der Waals surface area contributed by atoms with Crippen molar-refractivity contribution in [1.29, 1.82) is 0 Å². The van der Waals surface area contributed by atoms with Crippen molar-refractivity contribution in [2.45, 2.75) is 32.7 Å². The number of guanidine groups is 1. The molecule has 1 aliphatic heterocycles. The Balaban J connectivity index is 0.00000338. The van der Waals surface area contributed by atoms with Gasteiger partial charge in [-0.1, -0.05) is 0 Å². The van der Waals surface area contributed by atoms with Crippen LogP contribution >= 0.6 is 24.0 Å². The number of nitrogens with one attached hydrogen (secondary N) is 1. The van der Waals surface area contributed by atoms with Crippen LogP contribution in [0.5, 0.6) is 11.5 Å². The molecule has 26 heavy (non-hydrogen) atoms. The normalized spacial score (nSPS) is 15.3. The third kappa shape index (κ3) is 7.19. The summed E-state index contributed by atoms with van der Waals surface area (Å²) in [6.07, 6.45) is 3.45. The van der Waals surface area contributed by atoms with Crippen molar-refractivity contribution in [3.63, 3.8) is 0 Å². The highest BCUT2D eigenvalue weighted by Gasteiger charge is 2.15. The van der Waals surface area contributed by atoms with E-state index in [4.69, 9.17) is 9.47 Å². The topological polar surface area (TPSA) is 66.3 Å². The molecule has 0 amide bonds. The molecule has 1 aromatic rings. The average Bonchev–Trinajstić information content (AvgIpc) is 2.65. The molecule has 148 valence electrons. The molecule has 0 radical (unpaired) electrons. The SMILES string of the molecule is CCNC(=NCc1cc(OC)ccc1O)N(C)CCC1CCOCC1.I. The Morgan fingerprint density at radius 3 is 2.77 bits per heavy atom. The van der Waals surface area contributed by atoms with Crippen LogP contribution in [0.25, 0.3) is 0 Å². The fourth-order valence-corrected chi connectivity index (χ4v) is 2.96. The van der Waals surface area contributed by atoms with Gasteiger partial charge in [0.25, 0.3) is 0 Å². The summed E-state index contributed by atoms with van der Waals surface area (Å²) in [6, 6.07) is 5.21. The standard InChI is InChI=1S/C19H31N3O3.HI/c1-4-20-19(22(2)10-7-15-8-11-25-12-9-15)21-14-16-13-17(24-3)5-6-18(16)23;/h5-6,13,15,23H,4,7-12,14H2,1-3H3,(H,20,21);1H. The van der Waals surface area contributed by atoms with Gasteiger partial charge >= 0.3 is 0 Å². The van der Waals surface area contributed by atoms with Crippen LogP contribution in [-0.4, -0.2) is 56.4 Å². The summed E-state index contributed by atoms with van der Waals surface area (Å²) >= 11 is 0. The summed E-state index contributed by atoms with van der Waals surface area (Å²) in [7, 11) is 3.68. The van der Waals surface area contributed by atoms with E-state index < -0.39 is 0 Å². The first-order valence-corrected chi connectivity index (χ1v) is 9.07. The minimum atomic E-state index is 0. The van der Waals surface area contributed by atoms with Crippen LogP contribution in [0.1, 0.15) is 31.7 Å². The van der Waals surface area contributed by atoms with E-state index in [0.29, 0.717) is 6.54 Å². The van der Waals surface area contributed by atoms with Gasteiger partial charge < -0.3 is 24.8 Å². The predicted molar refractivity (Wildman–Crippen MR) is 116 cm³/mol. The molecule has 1 saturated heterocycles. The highest BCUT2D eigenvalue weighted by Crippen LogP contribution is 2.23. The minimum absolute atomic E-state index is 0. The molecule has 0 aromatic heterocycles. The van der Waals surface area contributed by atoms with Crippen LogP contribution in [0.4, 0.5) is 0 Å². The molecule has 7 heteroatoms. The lowest BCUT2D eigenvalue weighted by atomic mass is 9.96. The zero-order valence-corrected chi connectivity index (χ0v) is 18.4. The van der Waals surface area contributed by atoms with E-state index in [1.807, 2.05) is 6.07 Å². The van der Waals surface area contributed by atoms with Crippen molar-refractivity contribution in [2.75, 3.05) is 40.5 Å². The number of aromatic hydroxyl groups is 1. The van der Waals surface area contributed by atoms with Crippen molar-refractivity contribution in [1.82, 2.24) is 10.2 Å². The Morgan fingerprint density at radius 1 is 1.38 bits per heavy atom. The largest absolute Gasteiger partial charge is 0.508 e. The van der Waals surface area contributed by atoms with Gasteiger partial charge in [-0.25, -0.2) is 4.99 Å². The first-order chi connectivity index (χ1) is 12.1. The Kier molecular flexibility index (Phi) is 10.7. The van der Waals surface area contributed by atoms with Crippen LogP contribution in [0.2, 0.25) is 0 Å². The second-order valence-electron chi connectivity index (χ2n) is 6.43. The summed E-state index contributed by atoms with van der Waals surface area (Å²) < 4.78 is 10.6. The molecule has 0 unspecified atom stereocenters. The maximum atomic E-state index is 10.0. The molecule has 1 aromatic carbocycles. The number of ether oxygens (including phenoxy) is 2. The van der Waals surface area contributed by atoms with Crippen molar-refractivity contribution < 1.29 is 14.6 Å². The van der Waals surface area contributed by atoms with Gasteiger partial charge in [-0.15, -0.1) is 24.0 Å². The number of hydrogen-bond donors (Lipinski definition) is 2. The quantitative estimate of drug-likeness (QED) is 0.359. The summed E-state index contributed by atoms with van der Waals surface area (Å²) in [5.74, 6) is 2.56. The number of rotatable bonds is 7. The van der Waals surface area contributed by atoms with Gasteiger partial charge in [0.1, 0.15) is 11.5 Å². The Labute approximate surface area is 174 Å². The van der Waals surface area contributed by atoms with Gasteiger partial charge in [-0.05, 0) is 50.3 Å². The van der Waals surface area contributed by atoms with E-state index in [0.717, 1.165) is 68.8 Å². The molecule has 1 heterocycles. The molecule has 0 bridgehead atoms. The second kappa shape index (κ2) is 12.2. The molecular formula is C19H32IN3O3. The van der Waals surface area contributed by atoms with Crippen LogP contribution in [0.15, 0.2) is 23.2 Å². The van der Waals surface area contributed by atoms with Gasteiger partial charge in [0, 0.05) is 38.9 Å². The third-order valence-electron chi connectivity index (χ3n) is 4.60. The van der Waals surface area contributed by atoms with Crippen molar-refractivity contribution in [2.24, 2.45) is 10.9 Å². The number of hydrogen-bond acceptors (Lipinski definition) is 4. The Morgan fingerprint density at radius 2 is 2.12 bits per heavy atom. The van der Waals surface area contributed by atoms with Gasteiger partial charge in [0.2, 0.25) is 0 Å². The smallest absolute Gasteiger partial charge is 0.193 e. The molecule has 1 aliphatic rings. The monoisotopic (exact) mass is 477 g/mol. The third-order valence-corrected chi connectivity index (χ3v) is 4.60. The number of halogens is 1. The second-order valence-corrected chi connectivity index (χ2v) is 6.43. The van der Waals surface area contributed by atoms with Gasteiger partial charge in [0.05, 0.1) is 13.7 Å². The lowest BCUT2D eigenvalue weighted by Gasteiger charge is -2.27. The van der Waals surface area contributed by atoms with E-state index in [1.165, 1.54) is 0 Å². The Bertz CT molecular complexity index is 563. The van der Waals surface area contributed by atoms with E-state index in [9.17, 15) is 5.11 Å². The molecule has 2 N–H and O–H groups in total. The molecule has 0 aliphatic carbocycles. The van der Waals surface area contributed by atoms with E-state index in [2.05, 4.69) is 29.2 Å². The summed E-state index contributed by atoms with van der Waals surface area (Å²) in [4.78, 5) is 6.84. The zero-order valence-electron chi connectivity index (χ0n) is 16.0. The van der Waals surface area contributed by atoms with Gasteiger partial charge in [0.15, 0.2) is 5.96 Å². The van der Waals surface area contributed by atoms with Crippen LogP contribution in [0, 0.1) is 5.92 Å². The summed E-state index contributed by atoms with van der Waals surface area (Å²) in [5, 5.41) is 13.3. The van der Waals surface area contributed by atoms with Crippen molar-refractivity contribution in [3.8, 4) is 11.5 Å². The number of benzene rings is 1. The van der Waals surface area contributed by atoms with Crippen molar-refractivity contribution >= 4 is 29.9 Å². The van der Waals surface area contributed by atoms with E-state index >= 15 is 0 Å². The zero-order chi connectivity index (χ0) is 18.1. The fraction of sp³-hybridized carbons (Fsp3) is 0.632. The van der Waals surface area contributed by atoms with Crippen LogP contribution in [-0.2, 0) is 11.3 Å². The summed E-state index contributed by atoms with van der Waals surface area (Å²) in [6.45, 7) is 6.01. The molecule has 6 nitrogen and oxygen atoms in total. The van der Waals surface area contributed by atoms with Crippen LogP contribution in [0.3, 0.4) is 0 Å². The van der Waals surface area contributed by atoms with E-state index in [-0.39, 0.29) is 29.7 Å². The lowest BCUT2D eigenvalue weighted by molar-refractivity contribution is 0.0625. The van der Waals surface area contributed by atoms with E-state index in [1.54, 1.807) is 19.2 Å². The van der Waals surface area contributed by atoms with Gasteiger partial charge in [-0.2, -0.15) is 0 Å². The number of aliphatic imine (C=N–C) groups is 1. The molecule has 0 saturated carbocycles. The highest BCUT2D eigenvalue weighted by molar-refractivity contribution is 14.0. The highest BCUT2D eigenvalue weighted by atomic mass is 127. The van der Waals surface area contributed by atoms with Crippen LogP contribution < -0.4 is 10.1 Å². The van der Waals surface area contributed by atoms with Crippen molar-refractivity contribution in [3.05, 3.63) is 23.8 Å². The molecule has 0 atom stereocenters. The van der Waals surface area contributed by atoms with Gasteiger partial charge in [-0.3, -0.25) is 0 Å². The first kappa shape index (κ1) is 22.8. The molecule has 0 spiro atoms. The number of phenolic OH excluding ortho intramolecular Hbond substituents is 1. The first-order valence-electron chi connectivity index (χ1n) is 9.07. The average molecular weight is 477 g/mol. The minimum Gasteiger partial charge on any atom is -0.508 e.